The van der Waals surface area contributed by atoms with Crippen LogP contribution in [-0.4, -0.2) is 25.9 Å². The summed E-state index contributed by atoms with van der Waals surface area (Å²) in [6.45, 7) is 0. The number of nitrogens with one attached hydrogen (secondary N) is 1. The van der Waals surface area contributed by atoms with Gasteiger partial charge in [0.1, 0.15) is 0 Å². The van der Waals surface area contributed by atoms with E-state index in [4.69, 9.17) is 4.52 Å². The van der Waals surface area contributed by atoms with E-state index in [1.807, 2.05) is 18.2 Å². The van der Waals surface area contributed by atoms with Crippen LogP contribution in [0.1, 0.15) is 16.2 Å². The number of nitrogens with zero attached hydrogens (tertiary/aromatic N) is 3. The van der Waals surface area contributed by atoms with Crippen LogP contribution in [0.2, 0.25) is 0 Å². The zero-order valence-electron chi connectivity index (χ0n) is 9.91. The van der Waals surface area contributed by atoms with Crippen LogP contribution in [0.5, 0.6) is 0 Å². The average Bonchev–Trinajstić information content (AvgIpc) is 3.10. The first-order chi connectivity index (χ1) is 9.33. The summed E-state index contributed by atoms with van der Waals surface area (Å²) in [5.74, 6) is 1.08. The molecule has 0 radical (unpaired) electrons. The maximum atomic E-state index is 12.0. The molecule has 0 atom stereocenters. The van der Waals surface area contributed by atoms with E-state index in [1.54, 1.807) is 24.5 Å². The molecule has 1 N–H and O–H groups in total. The van der Waals surface area contributed by atoms with Crippen molar-refractivity contribution >= 4 is 5.78 Å². The second-order valence-corrected chi connectivity index (χ2v) is 3.92. The van der Waals surface area contributed by atoms with E-state index in [9.17, 15) is 4.79 Å². The molecular weight excluding hydrogens is 244 g/mol. The number of aromatic amines is 1. The highest BCUT2D eigenvalue weighted by molar-refractivity contribution is 5.96. The van der Waals surface area contributed by atoms with Gasteiger partial charge in [0.2, 0.25) is 11.7 Å². The standard InChI is InChI=1S/C13H10N4O2/c18-10(9-4-2-1-3-5-9)8-11-16-13(17-19-11)12-14-6-7-15-12/h1-7H,8H2,(H,14,15). The quantitative estimate of drug-likeness (QED) is 0.718. The minimum atomic E-state index is -0.0600. The topological polar surface area (TPSA) is 84.7 Å². The Kier molecular flexibility index (Phi) is 2.89. The van der Waals surface area contributed by atoms with Gasteiger partial charge in [-0.1, -0.05) is 35.5 Å². The number of carbonyl (C=O) groups is 1. The molecule has 0 amide bonds. The molecule has 0 spiro atoms. The summed E-state index contributed by atoms with van der Waals surface area (Å²) in [5.41, 5.74) is 0.625. The molecule has 0 aliphatic carbocycles. The summed E-state index contributed by atoms with van der Waals surface area (Å²) in [6, 6.07) is 9.00. The molecular formula is C13H10N4O2. The fourth-order valence-electron chi connectivity index (χ4n) is 1.67. The van der Waals surface area contributed by atoms with Crippen molar-refractivity contribution < 1.29 is 9.32 Å². The van der Waals surface area contributed by atoms with Crippen LogP contribution >= 0.6 is 0 Å². The van der Waals surface area contributed by atoms with Gasteiger partial charge in [-0.05, 0) is 0 Å². The van der Waals surface area contributed by atoms with Crippen molar-refractivity contribution in [3.63, 3.8) is 0 Å². The van der Waals surface area contributed by atoms with Gasteiger partial charge in [-0.15, -0.1) is 0 Å². The third-order valence-corrected chi connectivity index (χ3v) is 2.59. The van der Waals surface area contributed by atoms with Crippen molar-refractivity contribution in [3.05, 3.63) is 54.2 Å². The highest BCUT2D eigenvalue weighted by Gasteiger charge is 2.14. The molecule has 0 aliphatic rings. The molecule has 0 saturated heterocycles. The number of Topliss-reactive ketones (excluding diaryl/α,β-unsaturated/α-hetero) is 1. The van der Waals surface area contributed by atoms with Gasteiger partial charge in [0.25, 0.3) is 0 Å². The lowest BCUT2D eigenvalue weighted by Gasteiger charge is -1.95. The fourth-order valence-corrected chi connectivity index (χ4v) is 1.67. The molecule has 0 aliphatic heterocycles. The molecule has 0 fully saturated rings. The number of imidazole rings is 1. The number of carbonyl (C=O) groups excluding carboxylic acids is 1. The molecule has 94 valence electrons. The lowest BCUT2D eigenvalue weighted by molar-refractivity contribution is 0.0983. The third-order valence-electron chi connectivity index (χ3n) is 2.59. The van der Waals surface area contributed by atoms with Crippen LogP contribution in [0.3, 0.4) is 0 Å². The highest BCUT2D eigenvalue weighted by atomic mass is 16.5. The summed E-state index contributed by atoms with van der Waals surface area (Å²) in [4.78, 5) is 23.0. The minimum absolute atomic E-state index is 0.0600. The summed E-state index contributed by atoms with van der Waals surface area (Å²) in [5, 5.41) is 3.77. The molecule has 3 aromatic rings. The number of H-pyrrole nitrogens is 1. The molecule has 3 rings (SSSR count). The zero-order chi connectivity index (χ0) is 13.1. The predicted octanol–water partition coefficient (Wildman–Crippen LogP) is 1.89. The monoisotopic (exact) mass is 254 g/mol. The van der Waals surface area contributed by atoms with Gasteiger partial charge < -0.3 is 9.51 Å². The van der Waals surface area contributed by atoms with Gasteiger partial charge in [0.15, 0.2) is 11.6 Å². The van der Waals surface area contributed by atoms with Gasteiger partial charge in [-0.2, -0.15) is 4.98 Å². The maximum absolute atomic E-state index is 12.0. The first-order valence-corrected chi connectivity index (χ1v) is 5.73. The highest BCUT2D eigenvalue weighted by Crippen LogP contribution is 2.11. The Bertz CT molecular complexity index is 674. The number of benzene rings is 1. The Balaban J connectivity index is 1.76. The second-order valence-electron chi connectivity index (χ2n) is 3.92. The Morgan fingerprint density at radius 3 is 2.84 bits per heavy atom. The van der Waals surface area contributed by atoms with Crippen molar-refractivity contribution in [1.82, 2.24) is 20.1 Å². The van der Waals surface area contributed by atoms with E-state index in [-0.39, 0.29) is 18.1 Å². The summed E-state index contributed by atoms with van der Waals surface area (Å²) < 4.78 is 5.04. The molecule has 0 bridgehead atoms. The van der Waals surface area contributed by atoms with Crippen LogP contribution < -0.4 is 0 Å². The van der Waals surface area contributed by atoms with Crippen LogP contribution in [-0.2, 0) is 6.42 Å². The Hall–Kier alpha value is -2.76. The molecule has 6 heteroatoms. The van der Waals surface area contributed by atoms with Crippen molar-refractivity contribution in [2.24, 2.45) is 0 Å². The van der Waals surface area contributed by atoms with E-state index in [0.29, 0.717) is 17.2 Å². The number of aromatic nitrogens is 4. The fraction of sp³-hybridized carbons (Fsp3) is 0.0769. The van der Waals surface area contributed by atoms with Crippen molar-refractivity contribution in [2.75, 3.05) is 0 Å². The number of rotatable bonds is 4. The molecule has 1 aromatic carbocycles. The number of hydrogen-bond acceptors (Lipinski definition) is 5. The molecule has 19 heavy (non-hydrogen) atoms. The normalized spacial score (nSPS) is 10.5. The van der Waals surface area contributed by atoms with Crippen LogP contribution in [0.4, 0.5) is 0 Å². The average molecular weight is 254 g/mol. The van der Waals surface area contributed by atoms with E-state index in [0.717, 1.165) is 0 Å². The number of hydrogen-bond donors (Lipinski definition) is 1. The molecule has 0 saturated carbocycles. The molecule has 2 aromatic heterocycles. The Morgan fingerprint density at radius 1 is 1.26 bits per heavy atom. The smallest absolute Gasteiger partial charge is 0.238 e. The summed E-state index contributed by atoms with van der Waals surface area (Å²) >= 11 is 0. The van der Waals surface area contributed by atoms with Gasteiger partial charge >= 0.3 is 0 Å². The maximum Gasteiger partial charge on any atom is 0.238 e. The van der Waals surface area contributed by atoms with E-state index in [1.165, 1.54) is 0 Å². The van der Waals surface area contributed by atoms with Crippen molar-refractivity contribution in [1.29, 1.82) is 0 Å². The van der Waals surface area contributed by atoms with E-state index >= 15 is 0 Å². The molecule has 0 unspecified atom stereocenters. The van der Waals surface area contributed by atoms with E-state index in [2.05, 4.69) is 20.1 Å². The van der Waals surface area contributed by atoms with Gasteiger partial charge in [-0.25, -0.2) is 4.98 Å². The van der Waals surface area contributed by atoms with Gasteiger partial charge in [0, 0.05) is 18.0 Å². The largest absolute Gasteiger partial charge is 0.342 e. The predicted molar refractivity (Wildman–Crippen MR) is 66.4 cm³/mol. The van der Waals surface area contributed by atoms with Crippen LogP contribution in [0.15, 0.2) is 47.2 Å². The SMILES string of the molecule is O=C(Cc1nc(-c2ncc[nH]2)no1)c1ccccc1. The Morgan fingerprint density at radius 2 is 2.11 bits per heavy atom. The van der Waals surface area contributed by atoms with Crippen molar-refractivity contribution in [3.8, 4) is 11.6 Å². The number of ketones is 1. The lowest BCUT2D eigenvalue weighted by Crippen LogP contribution is -2.03. The van der Waals surface area contributed by atoms with Gasteiger partial charge in [-0.3, -0.25) is 4.79 Å². The third kappa shape index (κ3) is 2.42. The van der Waals surface area contributed by atoms with E-state index < -0.39 is 0 Å². The van der Waals surface area contributed by atoms with Gasteiger partial charge in [0.05, 0.1) is 6.42 Å². The minimum Gasteiger partial charge on any atom is -0.342 e. The molecule has 2 heterocycles. The zero-order valence-corrected chi connectivity index (χ0v) is 9.91. The lowest BCUT2D eigenvalue weighted by atomic mass is 10.1. The van der Waals surface area contributed by atoms with Crippen LogP contribution in [0.25, 0.3) is 11.6 Å². The summed E-state index contributed by atoms with van der Waals surface area (Å²) in [6.07, 6.45) is 3.35. The first-order valence-electron chi connectivity index (χ1n) is 5.73. The first kappa shape index (κ1) is 11.3. The summed E-state index contributed by atoms with van der Waals surface area (Å²) in [7, 11) is 0. The van der Waals surface area contributed by atoms with Crippen LogP contribution in [0, 0.1) is 0 Å². The Labute approximate surface area is 108 Å². The second kappa shape index (κ2) is 4.85. The molecule has 6 nitrogen and oxygen atoms in total. The van der Waals surface area contributed by atoms with Crippen molar-refractivity contribution in [2.45, 2.75) is 6.42 Å².